The van der Waals surface area contributed by atoms with Crippen LogP contribution < -0.4 is 5.32 Å². The van der Waals surface area contributed by atoms with Crippen molar-refractivity contribution >= 4 is 17.7 Å². The van der Waals surface area contributed by atoms with Gasteiger partial charge >= 0.3 is 5.97 Å². The summed E-state index contributed by atoms with van der Waals surface area (Å²) < 4.78 is 0. The van der Waals surface area contributed by atoms with Gasteiger partial charge in [-0.05, 0) is 50.3 Å². The van der Waals surface area contributed by atoms with Crippen molar-refractivity contribution in [1.29, 1.82) is 0 Å². The lowest BCUT2D eigenvalue weighted by Crippen LogP contribution is -2.59. The number of carboxylic acids is 1. The molecule has 0 aromatic rings. The molecule has 2 saturated heterocycles. The predicted molar refractivity (Wildman–Crippen MR) is 63.7 cm³/mol. The minimum atomic E-state index is -1.01. The molecule has 2 aliphatic heterocycles. The normalized spacial score (nSPS) is 28.6. The second-order valence-corrected chi connectivity index (χ2v) is 6.01. The van der Waals surface area contributed by atoms with Crippen LogP contribution >= 0.6 is 11.8 Å². The van der Waals surface area contributed by atoms with E-state index in [0.29, 0.717) is 25.7 Å². The van der Waals surface area contributed by atoms with Crippen LogP contribution in [-0.4, -0.2) is 46.4 Å². The third-order valence-corrected chi connectivity index (χ3v) is 5.06. The van der Waals surface area contributed by atoms with Gasteiger partial charge in [0.25, 0.3) is 0 Å². The molecule has 0 spiro atoms. The number of thioether (sulfide) groups is 1. The monoisotopic (exact) mass is 245 g/mol. The van der Waals surface area contributed by atoms with Gasteiger partial charge in [0.05, 0.1) is 11.0 Å². The summed E-state index contributed by atoms with van der Waals surface area (Å²) in [4.78, 5) is 11.6. The Morgan fingerprint density at radius 1 is 1.12 bits per heavy atom. The topological polar surface area (TPSA) is 69.6 Å². The zero-order chi connectivity index (χ0) is 11.6. The molecule has 16 heavy (non-hydrogen) atoms. The van der Waals surface area contributed by atoms with Crippen molar-refractivity contribution in [2.45, 2.75) is 31.3 Å². The number of hydrogen-bond acceptors (Lipinski definition) is 4. The molecule has 0 amide bonds. The summed E-state index contributed by atoms with van der Waals surface area (Å²) in [6.45, 7) is 1.44. The molecule has 2 heterocycles. The van der Waals surface area contributed by atoms with Crippen molar-refractivity contribution in [3.8, 4) is 0 Å². The van der Waals surface area contributed by atoms with Gasteiger partial charge in [0, 0.05) is 0 Å². The number of carbonyl (C=O) groups is 1. The van der Waals surface area contributed by atoms with Gasteiger partial charge in [-0.3, -0.25) is 4.79 Å². The summed E-state index contributed by atoms with van der Waals surface area (Å²) >= 11 is 1.79. The predicted octanol–water partition coefficient (Wildman–Crippen LogP) is 0.699. The van der Waals surface area contributed by atoms with Crippen LogP contribution in [0.2, 0.25) is 0 Å². The van der Waals surface area contributed by atoms with Gasteiger partial charge in [-0.2, -0.15) is 11.8 Å². The first-order valence-electron chi connectivity index (χ1n) is 5.85. The minimum absolute atomic E-state index is 0.559. The molecule has 0 radical (unpaired) electrons. The Balaban J connectivity index is 2.26. The van der Waals surface area contributed by atoms with Crippen molar-refractivity contribution < 1.29 is 15.0 Å². The van der Waals surface area contributed by atoms with E-state index in [1.165, 1.54) is 0 Å². The highest BCUT2D eigenvalue weighted by molar-refractivity contribution is 7.99. The molecule has 0 saturated carbocycles. The summed E-state index contributed by atoms with van der Waals surface area (Å²) in [7, 11) is 0. The SMILES string of the molecule is O=C(O)C1(C2(O)CCNCC2)CCSCC1. The number of carboxylic acid groups (broad SMARTS) is 1. The minimum Gasteiger partial charge on any atom is -0.481 e. The molecule has 0 aromatic heterocycles. The van der Waals surface area contributed by atoms with Gasteiger partial charge in [-0.25, -0.2) is 0 Å². The fourth-order valence-electron chi connectivity index (χ4n) is 2.92. The number of aliphatic hydroxyl groups is 1. The van der Waals surface area contributed by atoms with Crippen molar-refractivity contribution in [2.75, 3.05) is 24.6 Å². The number of piperidine rings is 1. The zero-order valence-corrected chi connectivity index (χ0v) is 10.2. The van der Waals surface area contributed by atoms with Crippen LogP contribution in [0.5, 0.6) is 0 Å². The van der Waals surface area contributed by atoms with Crippen molar-refractivity contribution in [3.63, 3.8) is 0 Å². The van der Waals surface area contributed by atoms with E-state index in [1.54, 1.807) is 11.8 Å². The summed E-state index contributed by atoms with van der Waals surface area (Å²) in [5.74, 6) is 0.890. The van der Waals surface area contributed by atoms with Gasteiger partial charge < -0.3 is 15.5 Å². The lowest BCUT2D eigenvalue weighted by Gasteiger charge is -2.48. The van der Waals surface area contributed by atoms with E-state index >= 15 is 0 Å². The molecular weight excluding hydrogens is 226 g/mol. The van der Waals surface area contributed by atoms with Gasteiger partial charge in [0.2, 0.25) is 0 Å². The fraction of sp³-hybridized carbons (Fsp3) is 0.909. The van der Waals surface area contributed by atoms with Gasteiger partial charge in [0.1, 0.15) is 0 Å². The summed E-state index contributed by atoms with van der Waals surface area (Å²) in [5.41, 5.74) is -1.91. The smallest absolute Gasteiger partial charge is 0.312 e. The quantitative estimate of drug-likeness (QED) is 0.668. The molecule has 2 rings (SSSR count). The lowest BCUT2D eigenvalue weighted by molar-refractivity contribution is -0.175. The number of rotatable bonds is 2. The second kappa shape index (κ2) is 4.55. The van der Waals surface area contributed by atoms with E-state index in [4.69, 9.17) is 0 Å². The molecule has 0 atom stereocenters. The van der Waals surface area contributed by atoms with Crippen LogP contribution in [0, 0.1) is 5.41 Å². The largest absolute Gasteiger partial charge is 0.481 e. The maximum atomic E-state index is 11.6. The molecule has 92 valence electrons. The van der Waals surface area contributed by atoms with E-state index in [1.807, 2.05) is 0 Å². The molecule has 2 fully saturated rings. The van der Waals surface area contributed by atoms with Crippen LogP contribution in [0.1, 0.15) is 25.7 Å². The van der Waals surface area contributed by atoms with Gasteiger partial charge in [-0.15, -0.1) is 0 Å². The lowest BCUT2D eigenvalue weighted by atomic mass is 9.64. The van der Waals surface area contributed by atoms with Gasteiger partial charge in [0.15, 0.2) is 0 Å². The first-order valence-corrected chi connectivity index (χ1v) is 7.00. The number of aliphatic carboxylic acids is 1. The number of hydrogen-bond donors (Lipinski definition) is 3. The van der Waals surface area contributed by atoms with Crippen molar-refractivity contribution in [2.24, 2.45) is 5.41 Å². The van der Waals surface area contributed by atoms with Crippen molar-refractivity contribution in [1.82, 2.24) is 5.32 Å². The standard InChI is InChI=1S/C11H19NO3S/c13-9(14)10(3-7-16-8-4-10)11(15)1-5-12-6-2-11/h12,15H,1-8H2,(H,13,14). The highest BCUT2D eigenvalue weighted by atomic mass is 32.2. The van der Waals surface area contributed by atoms with Crippen LogP contribution in [0.3, 0.4) is 0 Å². The van der Waals surface area contributed by atoms with E-state index in [0.717, 1.165) is 24.6 Å². The highest BCUT2D eigenvalue weighted by Crippen LogP contribution is 2.47. The van der Waals surface area contributed by atoms with Crippen LogP contribution in [0.4, 0.5) is 0 Å². The maximum Gasteiger partial charge on any atom is 0.312 e. The molecule has 4 nitrogen and oxygen atoms in total. The maximum absolute atomic E-state index is 11.6. The highest BCUT2D eigenvalue weighted by Gasteiger charge is 2.56. The van der Waals surface area contributed by atoms with Crippen LogP contribution in [0.15, 0.2) is 0 Å². The Kier molecular flexibility index (Phi) is 3.47. The Hall–Kier alpha value is -0.260. The zero-order valence-electron chi connectivity index (χ0n) is 9.37. The Bertz CT molecular complexity index is 270. The molecule has 3 N–H and O–H groups in total. The molecule has 0 aliphatic carbocycles. The Morgan fingerprint density at radius 3 is 2.19 bits per heavy atom. The summed E-state index contributed by atoms with van der Waals surface area (Å²) in [5, 5.41) is 23.4. The summed E-state index contributed by atoms with van der Waals surface area (Å²) in [6, 6.07) is 0. The van der Waals surface area contributed by atoms with Crippen molar-refractivity contribution in [3.05, 3.63) is 0 Å². The Morgan fingerprint density at radius 2 is 1.69 bits per heavy atom. The average Bonchev–Trinajstić information content (AvgIpc) is 2.30. The van der Waals surface area contributed by atoms with Crippen LogP contribution in [0.25, 0.3) is 0 Å². The first-order chi connectivity index (χ1) is 7.61. The molecule has 0 bridgehead atoms. The molecule has 2 aliphatic rings. The molecule has 0 aromatic carbocycles. The summed E-state index contributed by atoms with van der Waals surface area (Å²) in [6.07, 6.45) is 2.32. The molecule has 0 unspecified atom stereocenters. The number of nitrogens with one attached hydrogen (secondary N) is 1. The fourth-order valence-corrected chi connectivity index (χ4v) is 4.11. The van der Waals surface area contributed by atoms with E-state index in [-0.39, 0.29) is 0 Å². The molecular formula is C11H19NO3S. The molecule has 5 heteroatoms. The third kappa shape index (κ3) is 1.85. The van der Waals surface area contributed by atoms with E-state index < -0.39 is 17.0 Å². The van der Waals surface area contributed by atoms with E-state index in [2.05, 4.69) is 5.32 Å². The average molecular weight is 245 g/mol. The van der Waals surface area contributed by atoms with Crippen LogP contribution in [-0.2, 0) is 4.79 Å². The Labute approximate surface area is 99.8 Å². The third-order valence-electron chi connectivity index (χ3n) is 4.08. The second-order valence-electron chi connectivity index (χ2n) is 4.78. The van der Waals surface area contributed by atoms with E-state index in [9.17, 15) is 15.0 Å². The first kappa shape index (κ1) is 12.2. The van der Waals surface area contributed by atoms with Gasteiger partial charge in [-0.1, -0.05) is 0 Å².